The maximum absolute atomic E-state index is 13.0. The Hall–Kier alpha value is -3.68. The van der Waals surface area contributed by atoms with Crippen LogP contribution in [0.4, 0.5) is 0 Å². The second kappa shape index (κ2) is 9.88. The Morgan fingerprint density at radius 1 is 1.06 bits per heavy atom. The number of hydrogen-bond acceptors (Lipinski definition) is 4. The summed E-state index contributed by atoms with van der Waals surface area (Å²) in [5, 5.41) is 14.1. The number of carbonyl (C=O) groups is 4. The van der Waals surface area contributed by atoms with Crippen molar-refractivity contribution in [2.45, 2.75) is 38.4 Å². The third-order valence-electron chi connectivity index (χ3n) is 5.14. The first kappa shape index (κ1) is 22.0. The predicted molar refractivity (Wildman–Crippen MR) is 113 cm³/mol. The van der Waals surface area contributed by atoms with Gasteiger partial charge in [0.05, 0.1) is 6.54 Å². The number of rotatable bonds is 9. The molecule has 0 bridgehead atoms. The van der Waals surface area contributed by atoms with Gasteiger partial charge in [0, 0.05) is 12.1 Å². The number of amides is 3. The molecule has 0 saturated heterocycles. The van der Waals surface area contributed by atoms with E-state index in [1.165, 1.54) is 4.90 Å². The first-order valence-corrected chi connectivity index (χ1v) is 10.2. The predicted octanol–water partition coefficient (Wildman–Crippen LogP) is 1.87. The quantitative estimate of drug-likeness (QED) is 0.569. The number of benzene rings is 2. The molecule has 0 saturated carbocycles. The van der Waals surface area contributed by atoms with E-state index in [1.54, 1.807) is 24.3 Å². The molecule has 1 aliphatic heterocycles. The molecule has 0 spiro atoms. The third kappa shape index (κ3) is 5.09. The van der Waals surface area contributed by atoms with E-state index in [2.05, 4.69) is 10.6 Å². The molecule has 0 radical (unpaired) electrons. The van der Waals surface area contributed by atoms with Crippen molar-refractivity contribution in [3.8, 4) is 0 Å². The Balaban J connectivity index is 1.73. The highest BCUT2D eigenvalue weighted by molar-refractivity contribution is 6.05. The van der Waals surface area contributed by atoms with Gasteiger partial charge in [0.15, 0.2) is 0 Å². The summed E-state index contributed by atoms with van der Waals surface area (Å²) in [7, 11) is 0. The van der Waals surface area contributed by atoms with Gasteiger partial charge in [-0.2, -0.15) is 0 Å². The Labute approximate surface area is 180 Å². The largest absolute Gasteiger partial charge is 0.480 e. The standard InChI is InChI=1S/C23H25N3O5/c1-2-8-18(23(30)31)25-19(27)13-24-21(28)20-16-11-6-7-12-17(16)22(29)26(20)14-15-9-4-3-5-10-15/h3-7,9-12,18,20H,2,8,13-14H2,1H3,(H,24,28)(H,25,27)(H,30,31). The van der Waals surface area contributed by atoms with Gasteiger partial charge in [-0.25, -0.2) is 4.79 Å². The van der Waals surface area contributed by atoms with Crippen LogP contribution in [0.25, 0.3) is 0 Å². The number of fused-ring (bicyclic) bond motifs is 1. The maximum Gasteiger partial charge on any atom is 0.326 e. The Morgan fingerprint density at radius 3 is 2.42 bits per heavy atom. The van der Waals surface area contributed by atoms with Gasteiger partial charge in [0.25, 0.3) is 5.91 Å². The molecule has 0 aromatic heterocycles. The second-order valence-electron chi connectivity index (χ2n) is 7.37. The SMILES string of the molecule is CCCC(NC(=O)CNC(=O)C1c2ccccc2C(=O)N1Cc1ccccc1)C(=O)O. The van der Waals surface area contributed by atoms with Crippen LogP contribution >= 0.6 is 0 Å². The minimum atomic E-state index is -1.12. The van der Waals surface area contributed by atoms with E-state index >= 15 is 0 Å². The van der Waals surface area contributed by atoms with Crippen molar-refractivity contribution in [1.29, 1.82) is 0 Å². The van der Waals surface area contributed by atoms with E-state index < -0.39 is 29.9 Å². The molecule has 8 nitrogen and oxygen atoms in total. The van der Waals surface area contributed by atoms with Crippen LogP contribution in [0.15, 0.2) is 54.6 Å². The van der Waals surface area contributed by atoms with Crippen LogP contribution < -0.4 is 10.6 Å². The van der Waals surface area contributed by atoms with Crippen molar-refractivity contribution in [3.05, 3.63) is 71.3 Å². The van der Waals surface area contributed by atoms with Crippen molar-refractivity contribution in [2.24, 2.45) is 0 Å². The molecule has 2 atom stereocenters. The fourth-order valence-corrected chi connectivity index (χ4v) is 3.65. The van der Waals surface area contributed by atoms with Gasteiger partial charge in [-0.15, -0.1) is 0 Å². The number of nitrogens with zero attached hydrogens (tertiary/aromatic N) is 1. The normalized spacial score (nSPS) is 15.8. The van der Waals surface area contributed by atoms with E-state index in [4.69, 9.17) is 0 Å². The minimum absolute atomic E-state index is 0.246. The van der Waals surface area contributed by atoms with Crippen LogP contribution in [0.2, 0.25) is 0 Å². The van der Waals surface area contributed by atoms with E-state index in [1.807, 2.05) is 37.3 Å². The molecule has 0 aliphatic carbocycles. The molecule has 1 heterocycles. The number of carboxylic acids is 1. The molecule has 0 fully saturated rings. The van der Waals surface area contributed by atoms with Crippen molar-refractivity contribution < 1.29 is 24.3 Å². The van der Waals surface area contributed by atoms with Crippen LogP contribution in [0.5, 0.6) is 0 Å². The number of carboxylic acid groups (broad SMARTS) is 1. The van der Waals surface area contributed by atoms with Crippen molar-refractivity contribution in [3.63, 3.8) is 0 Å². The first-order valence-electron chi connectivity index (χ1n) is 10.2. The average molecular weight is 423 g/mol. The number of carbonyl (C=O) groups excluding carboxylic acids is 3. The Kier molecular flexibility index (Phi) is 7.02. The summed E-state index contributed by atoms with van der Waals surface area (Å²) >= 11 is 0. The Bertz CT molecular complexity index is 976. The number of aliphatic carboxylic acids is 1. The lowest BCUT2D eigenvalue weighted by Gasteiger charge is -2.25. The number of nitrogens with one attached hydrogen (secondary N) is 2. The highest BCUT2D eigenvalue weighted by Gasteiger charge is 2.40. The molecule has 2 aromatic rings. The molecule has 162 valence electrons. The van der Waals surface area contributed by atoms with Gasteiger partial charge in [0.2, 0.25) is 11.8 Å². The van der Waals surface area contributed by atoms with Gasteiger partial charge in [0.1, 0.15) is 12.1 Å². The fraction of sp³-hybridized carbons (Fsp3) is 0.304. The highest BCUT2D eigenvalue weighted by Crippen LogP contribution is 2.34. The van der Waals surface area contributed by atoms with Gasteiger partial charge in [-0.1, -0.05) is 61.9 Å². The molecule has 1 aliphatic rings. The summed E-state index contributed by atoms with van der Waals surface area (Å²) in [5.41, 5.74) is 1.91. The zero-order valence-corrected chi connectivity index (χ0v) is 17.2. The van der Waals surface area contributed by atoms with Crippen LogP contribution in [0, 0.1) is 0 Å². The molecule has 2 unspecified atom stereocenters. The minimum Gasteiger partial charge on any atom is -0.480 e. The summed E-state index contributed by atoms with van der Waals surface area (Å²) in [4.78, 5) is 50.8. The van der Waals surface area contributed by atoms with Crippen LogP contribution in [-0.4, -0.2) is 46.3 Å². The monoisotopic (exact) mass is 423 g/mol. The van der Waals surface area contributed by atoms with Crippen molar-refractivity contribution in [2.75, 3.05) is 6.54 Å². The summed E-state index contributed by atoms with van der Waals surface area (Å²) in [6, 6.07) is 14.4. The zero-order chi connectivity index (χ0) is 22.4. The average Bonchev–Trinajstić information content (AvgIpc) is 3.04. The zero-order valence-electron chi connectivity index (χ0n) is 17.2. The first-order chi connectivity index (χ1) is 14.9. The van der Waals surface area contributed by atoms with Gasteiger partial charge in [-0.05, 0) is 23.6 Å². The molecule has 2 aromatic carbocycles. The van der Waals surface area contributed by atoms with E-state index in [-0.39, 0.29) is 19.0 Å². The maximum atomic E-state index is 13.0. The van der Waals surface area contributed by atoms with Crippen molar-refractivity contribution in [1.82, 2.24) is 15.5 Å². The lowest BCUT2D eigenvalue weighted by Crippen LogP contribution is -2.47. The van der Waals surface area contributed by atoms with E-state index in [0.29, 0.717) is 24.0 Å². The lowest BCUT2D eigenvalue weighted by atomic mass is 10.0. The molecule has 3 amide bonds. The van der Waals surface area contributed by atoms with Crippen molar-refractivity contribution >= 4 is 23.7 Å². The number of hydrogen-bond donors (Lipinski definition) is 3. The molecule has 8 heteroatoms. The summed E-state index contributed by atoms with van der Waals surface area (Å²) in [6.45, 7) is 1.69. The molecule has 3 rings (SSSR count). The fourth-order valence-electron chi connectivity index (χ4n) is 3.65. The summed E-state index contributed by atoms with van der Waals surface area (Å²) in [5.74, 6) is -2.46. The van der Waals surface area contributed by atoms with Gasteiger partial charge in [-0.3, -0.25) is 14.4 Å². The van der Waals surface area contributed by atoms with Crippen LogP contribution in [0.1, 0.15) is 47.3 Å². The second-order valence-corrected chi connectivity index (χ2v) is 7.37. The highest BCUT2D eigenvalue weighted by atomic mass is 16.4. The summed E-state index contributed by atoms with van der Waals surface area (Å²) < 4.78 is 0. The summed E-state index contributed by atoms with van der Waals surface area (Å²) in [6.07, 6.45) is 0.892. The molecule has 31 heavy (non-hydrogen) atoms. The van der Waals surface area contributed by atoms with E-state index in [9.17, 15) is 24.3 Å². The lowest BCUT2D eigenvalue weighted by molar-refractivity contribution is -0.142. The smallest absolute Gasteiger partial charge is 0.326 e. The third-order valence-corrected chi connectivity index (χ3v) is 5.14. The van der Waals surface area contributed by atoms with Crippen LogP contribution in [0.3, 0.4) is 0 Å². The topological polar surface area (TPSA) is 116 Å². The van der Waals surface area contributed by atoms with Gasteiger partial charge < -0.3 is 20.6 Å². The molecular formula is C23H25N3O5. The van der Waals surface area contributed by atoms with E-state index in [0.717, 1.165) is 5.56 Å². The Morgan fingerprint density at radius 2 is 1.74 bits per heavy atom. The molecule has 3 N–H and O–H groups in total. The molecular weight excluding hydrogens is 398 g/mol. The van der Waals surface area contributed by atoms with Gasteiger partial charge >= 0.3 is 5.97 Å². The van der Waals surface area contributed by atoms with Crippen LogP contribution in [-0.2, 0) is 20.9 Å².